The molecular weight excluding hydrogens is 200 g/mol. The number of hydrogen-bond acceptors (Lipinski definition) is 3. The molecule has 3 nitrogen and oxygen atoms in total. The predicted octanol–water partition coefficient (Wildman–Crippen LogP) is 1.93. The molecule has 1 aromatic rings. The fraction of sp³-hybridized carbons (Fsp3) is 0.538. The lowest BCUT2D eigenvalue weighted by atomic mass is 10.1. The largest absolute Gasteiger partial charge is 0.378 e. The highest BCUT2D eigenvalue weighted by Gasteiger charge is 2.11. The van der Waals surface area contributed by atoms with Crippen LogP contribution in [-0.2, 0) is 4.74 Å². The van der Waals surface area contributed by atoms with Crippen LogP contribution in [-0.4, -0.2) is 26.3 Å². The molecule has 0 bridgehead atoms. The average molecular weight is 220 g/mol. The summed E-state index contributed by atoms with van der Waals surface area (Å²) < 4.78 is 5.34. The summed E-state index contributed by atoms with van der Waals surface area (Å²) in [6.07, 6.45) is 0.983. The molecule has 1 aliphatic heterocycles. The number of ether oxygens (including phenoxy) is 1. The van der Waals surface area contributed by atoms with Crippen molar-refractivity contribution in [3.05, 3.63) is 29.8 Å². The van der Waals surface area contributed by atoms with Gasteiger partial charge in [0.25, 0.3) is 0 Å². The second-order valence-electron chi connectivity index (χ2n) is 4.21. The van der Waals surface area contributed by atoms with E-state index < -0.39 is 0 Å². The first kappa shape index (κ1) is 11.4. The van der Waals surface area contributed by atoms with Crippen LogP contribution in [0.25, 0.3) is 0 Å². The number of benzene rings is 1. The molecule has 3 heteroatoms. The van der Waals surface area contributed by atoms with Crippen molar-refractivity contribution in [1.82, 2.24) is 0 Å². The van der Waals surface area contributed by atoms with Gasteiger partial charge in [-0.15, -0.1) is 0 Å². The highest BCUT2D eigenvalue weighted by atomic mass is 16.5. The van der Waals surface area contributed by atoms with Crippen LogP contribution in [0.4, 0.5) is 5.69 Å². The molecular formula is C13H20N2O. The summed E-state index contributed by atoms with van der Waals surface area (Å²) in [5.74, 6) is 0. The van der Waals surface area contributed by atoms with Crippen LogP contribution >= 0.6 is 0 Å². The van der Waals surface area contributed by atoms with Crippen LogP contribution in [0, 0.1) is 0 Å². The number of hydrogen-bond donors (Lipinski definition) is 1. The van der Waals surface area contributed by atoms with Gasteiger partial charge in [-0.1, -0.05) is 19.1 Å². The minimum absolute atomic E-state index is 0.165. The Morgan fingerprint density at radius 1 is 1.25 bits per heavy atom. The van der Waals surface area contributed by atoms with Crippen molar-refractivity contribution in [1.29, 1.82) is 0 Å². The van der Waals surface area contributed by atoms with Crippen LogP contribution in [0.15, 0.2) is 24.3 Å². The third-order valence-electron chi connectivity index (χ3n) is 3.14. The van der Waals surface area contributed by atoms with Gasteiger partial charge in [-0.3, -0.25) is 0 Å². The lowest BCUT2D eigenvalue weighted by Crippen LogP contribution is -2.36. The van der Waals surface area contributed by atoms with Crippen molar-refractivity contribution in [2.45, 2.75) is 19.4 Å². The second kappa shape index (κ2) is 5.32. The van der Waals surface area contributed by atoms with E-state index in [2.05, 4.69) is 36.1 Å². The maximum atomic E-state index is 5.99. The number of morpholine rings is 1. The van der Waals surface area contributed by atoms with Gasteiger partial charge in [-0.25, -0.2) is 0 Å². The van der Waals surface area contributed by atoms with Crippen molar-refractivity contribution in [3.63, 3.8) is 0 Å². The van der Waals surface area contributed by atoms with Crippen molar-refractivity contribution < 1.29 is 4.74 Å². The maximum absolute atomic E-state index is 5.99. The molecule has 0 radical (unpaired) electrons. The molecule has 16 heavy (non-hydrogen) atoms. The molecule has 1 saturated heterocycles. The minimum Gasteiger partial charge on any atom is -0.378 e. The lowest BCUT2D eigenvalue weighted by Gasteiger charge is -2.29. The van der Waals surface area contributed by atoms with E-state index in [9.17, 15) is 0 Å². The summed E-state index contributed by atoms with van der Waals surface area (Å²) in [4.78, 5) is 2.35. The molecule has 1 heterocycles. The zero-order valence-corrected chi connectivity index (χ0v) is 9.86. The highest BCUT2D eigenvalue weighted by Crippen LogP contribution is 2.20. The van der Waals surface area contributed by atoms with E-state index in [0.717, 1.165) is 32.7 Å². The molecule has 88 valence electrons. The standard InChI is InChI=1S/C13H20N2O/c1-2-13(14)11-3-5-12(6-4-11)15-7-9-16-10-8-15/h3-6,13H,2,7-10,14H2,1H3. The fourth-order valence-electron chi connectivity index (χ4n) is 1.99. The first-order valence-corrected chi connectivity index (χ1v) is 5.99. The first-order valence-electron chi connectivity index (χ1n) is 5.99. The van der Waals surface area contributed by atoms with Crippen molar-refractivity contribution in [2.75, 3.05) is 31.2 Å². The van der Waals surface area contributed by atoms with Gasteiger partial charge in [0.15, 0.2) is 0 Å². The van der Waals surface area contributed by atoms with Gasteiger partial charge in [-0.05, 0) is 24.1 Å². The quantitative estimate of drug-likeness (QED) is 0.846. The molecule has 0 aliphatic carbocycles. The van der Waals surface area contributed by atoms with E-state index >= 15 is 0 Å². The zero-order valence-electron chi connectivity index (χ0n) is 9.86. The molecule has 0 spiro atoms. The normalized spacial score (nSPS) is 18.5. The third-order valence-corrected chi connectivity index (χ3v) is 3.14. The van der Waals surface area contributed by atoms with Crippen LogP contribution in [0.2, 0.25) is 0 Å². The van der Waals surface area contributed by atoms with Gasteiger partial charge >= 0.3 is 0 Å². The average Bonchev–Trinajstić information content (AvgIpc) is 2.39. The zero-order chi connectivity index (χ0) is 11.4. The fourth-order valence-corrected chi connectivity index (χ4v) is 1.99. The van der Waals surface area contributed by atoms with Crippen LogP contribution in [0.5, 0.6) is 0 Å². The summed E-state index contributed by atoms with van der Waals surface area (Å²) in [5.41, 5.74) is 8.48. The SMILES string of the molecule is CCC(N)c1ccc(N2CCOCC2)cc1. The summed E-state index contributed by atoms with van der Waals surface area (Å²) in [6, 6.07) is 8.77. The van der Waals surface area contributed by atoms with Crippen LogP contribution < -0.4 is 10.6 Å². The number of anilines is 1. The van der Waals surface area contributed by atoms with E-state index in [1.165, 1.54) is 11.3 Å². The molecule has 1 aromatic carbocycles. The van der Waals surface area contributed by atoms with E-state index in [0.29, 0.717) is 0 Å². The number of rotatable bonds is 3. The van der Waals surface area contributed by atoms with Crippen LogP contribution in [0.1, 0.15) is 24.9 Å². The van der Waals surface area contributed by atoms with Crippen molar-refractivity contribution in [2.24, 2.45) is 5.73 Å². The van der Waals surface area contributed by atoms with Crippen molar-refractivity contribution in [3.8, 4) is 0 Å². The Balaban J connectivity index is 2.06. The van der Waals surface area contributed by atoms with Gasteiger partial charge in [0.05, 0.1) is 13.2 Å². The number of nitrogens with two attached hydrogens (primary N) is 1. The highest BCUT2D eigenvalue weighted by molar-refractivity contribution is 5.48. The molecule has 1 unspecified atom stereocenters. The Kier molecular flexibility index (Phi) is 3.80. The third kappa shape index (κ3) is 2.54. The summed E-state index contributed by atoms with van der Waals surface area (Å²) >= 11 is 0. The van der Waals surface area contributed by atoms with E-state index in [4.69, 9.17) is 10.5 Å². The Morgan fingerprint density at radius 3 is 2.44 bits per heavy atom. The number of nitrogens with zero attached hydrogens (tertiary/aromatic N) is 1. The van der Waals surface area contributed by atoms with Crippen molar-refractivity contribution >= 4 is 5.69 Å². The van der Waals surface area contributed by atoms with Gasteiger partial charge in [0.2, 0.25) is 0 Å². The Hall–Kier alpha value is -1.06. The molecule has 0 amide bonds. The smallest absolute Gasteiger partial charge is 0.0642 e. The summed E-state index contributed by atoms with van der Waals surface area (Å²) in [7, 11) is 0. The second-order valence-corrected chi connectivity index (χ2v) is 4.21. The molecule has 1 atom stereocenters. The van der Waals surface area contributed by atoms with E-state index in [-0.39, 0.29) is 6.04 Å². The molecule has 1 fully saturated rings. The molecule has 1 aliphatic rings. The summed E-state index contributed by atoms with van der Waals surface area (Å²) in [6.45, 7) is 5.74. The molecule has 2 rings (SSSR count). The van der Waals surface area contributed by atoms with E-state index in [1.807, 2.05) is 0 Å². The molecule has 2 N–H and O–H groups in total. The lowest BCUT2D eigenvalue weighted by molar-refractivity contribution is 0.122. The Bertz CT molecular complexity index is 317. The maximum Gasteiger partial charge on any atom is 0.0642 e. The van der Waals surface area contributed by atoms with E-state index in [1.54, 1.807) is 0 Å². The molecule has 0 aromatic heterocycles. The molecule has 0 saturated carbocycles. The first-order chi connectivity index (χ1) is 7.81. The monoisotopic (exact) mass is 220 g/mol. The van der Waals surface area contributed by atoms with Gasteiger partial charge in [0.1, 0.15) is 0 Å². The summed E-state index contributed by atoms with van der Waals surface area (Å²) in [5, 5.41) is 0. The van der Waals surface area contributed by atoms with Gasteiger partial charge in [-0.2, -0.15) is 0 Å². The Morgan fingerprint density at radius 2 is 1.88 bits per heavy atom. The van der Waals surface area contributed by atoms with Gasteiger partial charge < -0.3 is 15.4 Å². The minimum atomic E-state index is 0.165. The van der Waals surface area contributed by atoms with Crippen LogP contribution in [0.3, 0.4) is 0 Å². The predicted molar refractivity (Wildman–Crippen MR) is 66.7 cm³/mol. The van der Waals surface area contributed by atoms with Gasteiger partial charge in [0, 0.05) is 24.8 Å². The Labute approximate surface area is 97.2 Å². The topological polar surface area (TPSA) is 38.5 Å².